The molecule has 0 unspecified atom stereocenters. The Morgan fingerprint density at radius 3 is 2.67 bits per heavy atom. The van der Waals surface area contributed by atoms with Crippen molar-refractivity contribution in [3.8, 4) is 0 Å². The van der Waals surface area contributed by atoms with E-state index in [1.807, 2.05) is 13.8 Å². The van der Waals surface area contributed by atoms with Crippen LogP contribution in [0.3, 0.4) is 0 Å². The predicted molar refractivity (Wildman–Crippen MR) is 122 cm³/mol. The number of ether oxygens (including phenoxy) is 1. The van der Waals surface area contributed by atoms with E-state index in [-0.39, 0.29) is 0 Å². The van der Waals surface area contributed by atoms with E-state index in [1.54, 1.807) is 7.11 Å². The van der Waals surface area contributed by atoms with Crippen molar-refractivity contribution in [1.29, 1.82) is 0 Å². The maximum atomic E-state index is 5.73. The highest BCUT2D eigenvalue weighted by molar-refractivity contribution is 5.79. The lowest BCUT2D eigenvalue weighted by atomic mass is 9.97. The van der Waals surface area contributed by atoms with Crippen LogP contribution in [0, 0.1) is 19.8 Å². The maximum absolute atomic E-state index is 5.73. The fourth-order valence-corrected chi connectivity index (χ4v) is 3.64. The molecule has 0 spiro atoms. The van der Waals surface area contributed by atoms with Crippen LogP contribution in [-0.4, -0.2) is 87.3 Å². The number of hydrogen-bond donors (Lipinski definition) is 2. The molecule has 0 amide bonds. The van der Waals surface area contributed by atoms with Gasteiger partial charge in [-0.25, -0.2) is 4.98 Å². The third kappa shape index (κ3) is 9.02. The van der Waals surface area contributed by atoms with Gasteiger partial charge in [-0.3, -0.25) is 9.89 Å². The molecule has 1 aromatic rings. The van der Waals surface area contributed by atoms with Gasteiger partial charge in [0.15, 0.2) is 5.96 Å². The van der Waals surface area contributed by atoms with Gasteiger partial charge in [-0.15, -0.1) is 0 Å². The molecule has 0 radical (unpaired) electrons. The molecule has 2 heterocycles. The number of aryl methyl sites for hydroxylation is 2. The summed E-state index contributed by atoms with van der Waals surface area (Å²) in [5, 5.41) is 6.83. The molecular weight excluding hydrogens is 380 g/mol. The lowest BCUT2D eigenvalue weighted by Crippen LogP contribution is -2.41. The highest BCUT2D eigenvalue weighted by atomic mass is 16.5. The first-order valence-electron chi connectivity index (χ1n) is 11.4. The van der Waals surface area contributed by atoms with E-state index in [9.17, 15) is 0 Å². The van der Waals surface area contributed by atoms with Crippen LogP contribution in [0.5, 0.6) is 0 Å². The second kappa shape index (κ2) is 13.6. The van der Waals surface area contributed by atoms with Gasteiger partial charge >= 0.3 is 0 Å². The molecule has 8 heteroatoms. The molecule has 2 rings (SSSR count). The third-order valence-electron chi connectivity index (χ3n) is 5.66. The van der Waals surface area contributed by atoms with Gasteiger partial charge in [-0.05, 0) is 66.1 Å². The SMILES string of the molecule is CCNC(=NCC1CCN(Cc2nc(C)c(C)o2)CC1)NCCN(C)CCCOC. The molecule has 0 bridgehead atoms. The average Bonchev–Trinajstić information content (AvgIpc) is 3.04. The summed E-state index contributed by atoms with van der Waals surface area (Å²) in [6.45, 7) is 14.6. The number of nitrogens with zero attached hydrogens (tertiary/aromatic N) is 4. The minimum Gasteiger partial charge on any atom is -0.444 e. The summed E-state index contributed by atoms with van der Waals surface area (Å²) >= 11 is 0. The van der Waals surface area contributed by atoms with E-state index in [1.165, 1.54) is 12.8 Å². The molecule has 0 aromatic carbocycles. The topological polar surface area (TPSA) is 78.2 Å². The second-order valence-corrected chi connectivity index (χ2v) is 8.26. The lowest BCUT2D eigenvalue weighted by molar-refractivity contribution is 0.166. The zero-order valence-electron chi connectivity index (χ0n) is 19.7. The van der Waals surface area contributed by atoms with Crippen LogP contribution >= 0.6 is 0 Å². The maximum Gasteiger partial charge on any atom is 0.208 e. The predicted octanol–water partition coefficient (Wildman–Crippen LogP) is 2.03. The molecule has 172 valence electrons. The van der Waals surface area contributed by atoms with Gasteiger partial charge in [0.1, 0.15) is 5.76 Å². The Bertz CT molecular complexity index is 606. The molecule has 1 aliphatic rings. The highest BCUT2D eigenvalue weighted by Gasteiger charge is 2.21. The van der Waals surface area contributed by atoms with Gasteiger partial charge in [0, 0.05) is 46.4 Å². The molecule has 1 aliphatic heterocycles. The first-order chi connectivity index (χ1) is 14.5. The van der Waals surface area contributed by atoms with Crippen molar-refractivity contribution < 1.29 is 9.15 Å². The standard InChI is InChI=1S/C22H42N6O2/c1-6-23-22(24-10-14-27(4)11-7-15-29-5)25-16-20-8-12-28(13-9-20)17-21-26-18(2)19(3)30-21/h20H,6-17H2,1-5H3,(H2,23,24,25). The first kappa shape index (κ1) is 24.6. The van der Waals surface area contributed by atoms with E-state index in [0.717, 1.165) is 88.7 Å². The smallest absolute Gasteiger partial charge is 0.208 e. The van der Waals surface area contributed by atoms with E-state index < -0.39 is 0 Å². The van der Waals surface area contributed by atoms with Gasteiger partial charge in [0.25, 0.3) is 0 Å². The minimum absolute atomic E-state index is 0.640. The summed E-state index contributed by atoms with van der Waals surface area (Å²) in [6.07, 6.45) is 3.41. The number of likely N-dealkylation sites (tertiary alicyclic amines) is 1. The van der Waals surface area contributed by atoms with Crippen molar-refractivity contribution in [3.63, 3.8) is 0 Å². The summed E-state index contributed by atoms with van der Waals surface area (Å²) < 4.78 is 10.8. The summed E-state index contributed by atoms with van der Waals surface area (Å²) in [5.41, 5.74) is 0.999. The number of guanidine groups is 1. The van der Waals surface area contributed by atoms with Gasteiger partial charge in [-0.2, -0.15) is 0 Å². The Balaban J connectivity index is 1.68. The summed E-state index contributed by atoms with van der Waals surface area (Å²) in [6, 6.07) is 0. The summed E-state index contributed by atoms with van der Waals surface area (Å²) in [5.74, 6) is 3.34. The van der Waals surface area contributed by atoms with Crippen LogP contribution < -0.4 is 10.6 Å². The normalized spacial score (nSPS) is 16.4. The Labute approximate surface area is 182 Å². The molecule has 0 atom stereocenters. The zero-order chi connectivity index (χ0) is 21.8. The number of aromatic nitrogens is 1. The largest absolute Gasteiger partial charge is 0.444 e. The van der Waals surface area contributed by atoms with Crippen LogP contribution in [0.2, 0.25) is 0 Å². The number of oxazole rings is 1. The molecule has 0 aliphatic carbocycles. The third-order valence-corrected chi connectivity index (χ3v) is 5.66. The van der Waals surface area contributed by atoms with Gasteiger partial charge < -0.3 is 24.7 Å². The molecule has 30 heavy (non-hydrogen) atoms. The molecular formula is C22H42N6O2. The van der Waals surface area contributed by atoms with E-state index in [4.69, 9.17) is 14.1 Å². The average molecular weight is 423 g/mol. The minimum atomic E-state index is 0.640. The van der Waals surface area contributed by atoms with Gasteiger partial charge in [0.05, 0.1) is 12.2 Å². The van der Waals surface area contributed by atoms with Crippen LogP contribution in [-0.2, 0) is 11.3 Å². The quantitative estimate of drug-likeness (QED) is 0.303. The number of nitrogens with one attached hydrogen (secondary N) is 2. The van der Waals surface area contributed by atoms with E-state index >= 15 is 0 Å². The van der Waals surface area contributed by atoms with Crippen LogP contribution in [0.4, 0.5) is 0 Å². The van der Waals surface area contributed by atoms with Crippen molar-refractivity contribution in [2.45, 2.75) is 46.6 Å². The van der Waals surface area contributed by atoms with Crippen molar-refractivity contribution >= 4 is 5.96 Å². The van der Waals surface area contributed by atoms with Crippen LogP contribution in [0.1, 0.15) is 43.5 Å². The van der Waals surface area contributed by atoms with E-state index in [0.29, 0.717) is 5.92 Å². The molecule has 1 fully saturated rings. The fourth-order valence-electron chi connectivity index (χ4n) is 3.64. The second-order valence-electron chi connectivity index (χ2n) is 8.26. The number of methoxy groups -OCH3 is 1. The number of rotatable bonds is 12. The van der Waals surface area contributed by atoms with Crippen molar-refractivity contribution in [3.05, 3.63) is 17.3 Å². The molecule has 1 aromatic heterocycles. The van der Waals surface area contributed by atoms with Crippen LogP contribution in [0.25, 0.3) is 0 Å². The number of likely N-dealkylation sites (N-methyl/N-ethyl adjacent to an activating group) is 1. The summed E-state index contributed by atoms with van der Waals surface area (Å²) in [4.78, 5) is 14.1. The van der Waals surface area contributed by atoms with Crippen molar-refractivity contribution in [2.24, 2.45) is 10.9 Å². The zero-order valence-corrected chi connectivity index (χ0v) is 19.7. The molecule has 8 nitrogen and oxygen atoms in total. The molecule has 2 N–H and O–H groups in total. The number of aliphatic imine (C=N–C) groups is 1. The Kier molecular flexibility index (Phi) is 11.2. The van der Waals surface area contributed by atoms with E-state index in [2.05, 4.69) is 39.4 Å². The monoisotopic (exact) mass is 422 g/mol. The fraction of sp³-hybridized carbons (Fsp3) is 0.818. The Morgan fingerprint density at radius 2 is 2.03 bits per heavy atom. The van der Waals surface area contributed by atoms with Gasteiger partial charge in [-0.1, -0.05) is 0 Å². The number of hydrogen-bond acceptors (Lipinski definition) is 6. The molecule has 0 saturated carbocycles. The molecule has 1 saturated heterocycles. The highest BCUT2D eigenvalue weighted by Crippen LogP contribution is 2.20. The number of piperidine rings is 1. The Hall–Kier alpha value is -1.64. The van der Waals surface area contributed by atoms with Crippen molar-refractivity contribution in [2.75, 3.05) is 66.6 Å². The Morgan fingerprint density at radius 1 is 1.27 bits per heavy atom. The lowest BCUT2D eigenvalue weighted by Gasteiger charge is -2.30. The summed E-state index contributed by atoms with van der Waals surface area (Å²) in [7, 11) is 3.90. The van der Waals surface area contributed by atoms with Crippen LogP contribution in [0.15, 0.2) is 9.41 Å². The van der Waals surface area contributed by atoms with Crippen molar-refractivity contribution in [1.82, 2.24) is 25.4 Å². The van der Waals surface area contributed by atoms with Gasteiger partial charge in [0.2, 0.25) is 5.89 Å². The first-order valence-corrected chi connectivity index (χ1v) is 11.4.